The van der Waals surface area contributed by atoms with E-state index in [-0.39, 0.29) is 29.7 Å². The summed E-state index contributed by atoms with van der Waals surface area (Å²) in [4.78, 5) is 43.2. The first-order valence-corrected chi connectivity index (χ1v) is 20.1. The second-order valence-electron chi connectivity index (χ2n) is 15.5. The molecule has 1 atom stereocenters. The van der Waals surface area contributed by atoms with Gasteiger partial charge in [-0.05, 0) is 60.3 Å². The molecular formula is C41H60ClN5O4S. The lowest BCUT2D eigenvalue weighted by Gasteiger charge is -2.33. The number of benzene rings is 2. The van der Waals surface area contributed by atoms with Crippen molar-refractivity contribution in [1.29, 1.82) is 0 Å². The number of alkyl halides is 1. The molecular weight excluding hydrogens is 694 g/mol. The highest BCUT2D eigenvalue weighted by atomic mass is 35.5. The number of aromatic nitrogens is 3. The molecule has 0 radical (unpaired) electrons. The number of ether oxygens (including phenoxy) is 1. The Morgan fingerprint density at radius 2 is 1.58 bits per heavy atom. The van der Waals surface area contributed by atoms with Gasteiger partial charge in [-0.15, -0.1) is 5.10 Å². The van der Waals surface area contributed by atoms with Crippen LogP contribution in [-0.2, 0) is 30.2 Å². The van der Waals surface area contributed by atoms with Gasteiger partial charge in [-0.2, -0.15) is 0 Å². The van der Waals surface area contributed by atoms with Crippen molar-refractivity contribution in [2.75, 3.05) is 24.2 Å². The maximum atomic E-state index is 14.3. The summed E-state index contributed by atoms with van der Waals surface area (Å²) in [5, 5.41) is 10.5. The van der Waals surface area contributed by atoms with E-state index in [9.17, 15) is 14.4 Å². The minimum atomic E-state index is -2.25. The standard InChI is InChI=1S/C41H60ClN5O4S/c1-10-13-14-18-26-52-37-44-29-47(46-37)41(42,36(50)45-31-20-16-15-17-21-31)35(49)40(8,9)28-43-34(48)22-19-25-51-33-24-23-30(38(4,5)11-2)27-32(33)39(6,7)12-3/h15-17,20-21,23-24,27,29H,10-14,18-19,22,25-26,28H2,1-9H3,(H,43,48)(H,45,50). The minimum Gasteiger partial charge on any atom is -0.493 e. The number of amides is 2. The van der Waals surface area contributed by atoms with Crippen LogP contribution in [0.2, 0.25) is 0 Å². The fourth-order valence-corrected chi connectivity index (χ4v) is 6.74. The molecule has 1 aromatic heterocycles. The Balaban J connectivity index is 1.68. The molecule has 2 amide bonds. The van der Waals surface area contributed by atoms with Crippen molar-refractivity contribution in [2.45, 2.75) is 135 Å². The second kappa shape index (κ2) is 19.1. The number of anilines is 1. The normalized spacial score (nSPS) is 13.3. The molecule has 2 N–H and O–H groups in total. The molecule has 0 aliphatic carbocycles. The van der Waals surface area contributed by atoms with Gasteiger partial charge in [-0.3, -0.25) is 14.4 Å². The van der Waals surface area contributed by atoms with Crippen molar-refractivity contribution in [3.8, 4) is 5.75 Å². The van der Waals surface area contributed by atoms with Crippen LogP contribution in [0, 0.1) is 5.41 Å². The number of thioether (sulfide) groups is 1. The first-order chi connectivity index (χ1) is 24.5. The van der Waals surface area contributed by atoms with Crippen LogP contribution in [0.25, 0.3) is 0 Å². The van der Waals surface area contributed by atoms with Crippen molar-refractivity contribution < 1.29 is 19.1 Å². The number of unbranched alkanes of at least 4 members (excludes halogenated alkanes) is 3. The Morgan fingerprint density at radius 1 is 0.885 bits per heavy atom. The van der Waals surface area contributed by atoms with E-state index in [0.29, 0.717) is 23.9 Å². The van der Waals surface area contributed by atoms with E-state index in [1.165, 1.54) is 29.2 Å². The third-order valence-electron chi connectivity index (χ3n) is 10.1. The van der Waals surface area contributed by atoms with E-state index in [1.807, 2.05) is 6.07 Å². The van der Waals surface area contributed by atoms with E-state index >= 15 is 0 Å². The van der Waals surface area contributed by atoms with Gasteiger partial charge in [0.25, 0.3) is 10.9 Å². The number of ketones is 1. The van der Waals surface area contributed by atoms with Gasteiger partial charge in [0.05, 0.1) is 6.61 Å². The largest absolute Gasteiger partial charge is 0.493 e. The summed E-state index contributed by atoms with van der Waals surface area (Å²) in [6.45, 7) is 19.2. The van der Waals surface area contributed by atoms with Gasteiger partial charge < -0.3 is 15.4 Å². The van der Waals surface area contributed by atoms with Crippen molar-refractivity contribution in [3.05, 3.63) is 66.0 Å². The first kappa shape index (κ1) is 43.0. The van der Waals surface area contributed by atoms with Gasteiger partial charge in [-0.1, -0.05) is 135 Å². The molecule has 11 heteroatoms. The molecule has 1 unspecified atom stereocenters. The van der Waals surface area contributed by atoms with E-state index in [1.54, 1.807) is 38.1 Å². The number of hydrogen-bond acceptors (Lipinski definition) is 7. The molecule has 3 rings (SSSR count). The summed E-state index contributed by atoms with van der Waals surface area (Å²) < 4.78 is 7.39. The summed E-state index contributed by atoms with van der Waals surface area (Å²) in [7, 11) is 0. The maximum absolute atomic E-state index is 14.3. The Labute approximate surface area is 320 Å². The highest BCUT2D eigenvalue weighted by Gasteiger charge is 2.53. The molecule has 1 heterocycles. The molecule has 52 heavy (non-hydrogen) atoms. The third kappa shape index (κ3) is 11.3. The highest BCUT2D eigenvalue weighted by Crippen LogP contribution is 2.39. The Kier molecular flexibility index (Phi) is 15.8. The monoisotopic (exact) mass is 753 g/mol. The van der Waals surface area contributed by atoms with Crippen molar-refractivity contribution in [2.24, 2.45) is 5.41 Å². The van der Waals surface area contributed by atoms with Gasteiger partial charge in [0.15, 0.2) is 5.78 Å². The highest BCUT2D eigenvalue weighted by molar-refractivity contribution is 7.99. The predicted octanol–water partition coefficient (Wildman–Crippen LogP) is 9.43. The van der Waals surface area contributed by atoms with Crippen molar-refractivity contribution in [3.63, 3.8) is 0 Å². The molecule has 3 aromatic rings. The van der Waals surface area contributed by atoms with Gasteiger partial charge in [-0.25, -0.2) is 9.67 Å². The molecule has 0 aliphatic heterocycles. The molecule has 2 aromatic carbocycles. The number of hydrogen-bond donors (Lipinski definition) is 2. The fourth-order valence-electron chi connectivity index (χ4n) is 5.55. The zero-order chi connectivity index (χ0) is 38.6. The number of carbonyl (C=O) groups is 3. The minimum absolute atomic E-state index is 0.0319. The van der Waals surface area contributed by atoms with Crippen LogP contribution < -0.4 is 15.4 Å². The summed E-state index contributed by atoms with van der Waals surface area (Å²) in [5.41, 5.74) is 1.69. The van der Waals surface area contributed by atoms with E-state index < -0.39 is 22.1 Å². The second-order valence-corrected chi connectivity index (χ2v) is 17.1. The Hall–Kier alpha value is -3.37. The molecule has 9 nitrogen and oxygen atoms in total. The van der Waals surface area contributed by atoms with E-state index in [0.717, 1.165) is 54.7 Å². The number of carbonyl (C=O) groups excluding carboxylic acids is 3. The van der Waals surface area contributed by atoms with Crippen LogP contribution in [0.1, 0.15) is 125 Å². The van der Waals surface area contributed by atoms with Crippen molar-refractivity contribution in [1.82, 2.24) is 20.1 Å². The summed E-state index contributed by atoms with van der Waals surface area (Å²) in [6.07, 6.45) is 8.43. The number of nitrogens with one attached hydrogen (secondary N) is 2. The van der Waals surface area contributed by atoms with Crippen LogP contribution in [0.5, 0.6) is 5.75 Å². The molecule has 0 saturated carbocycles. The number of nitrogens with zero attached hydrogens (tertiary/aromatic N) is 3. The predicted molar refractivity (Wildman–Crippen MR) is 213 cm³/mol. The fraction of sp³-hybridized carbons (Fsp3) is 0.585. The number of rotatable bonds is 22. The molecule has 0 saturated heterocycles. The number of halogens is 1. The van der Waals surface area contributed by atoms with Crippen LogP contribution in [-0.4, -0.2) is 51.3 Å². The van der Waals surface area contributed by atoms with Crippen LogP contribution >= 0.6 is 23.4 Å². The topological polar surface area (TPSA) is 115 Å². The third-order valence-corrected chi connectivity index (χ3v) is 11.5. The van der Waals surface area contributed by atoms with Crippen LogP contribution in [0.4, 0.5) is 5.69 Å². The Bertz CT molecular complexity index is 1620. The molecule has 0 bridgehead atoms. The van der Waals surface area contributed by atoms with Gasteiger partial charge in [0, 0.05) is 35.4 Å². The van der Waals surface area contributed by atoms with Gasteiger partial charge in [0.1, 0.15) is 12.1 Å². The average Bonchev–Trinajstić information content (AvgIpc) is 3.61. The lowest BCUT2D eigenvalue weighted by atomic mass is 9.76. The average molecular weight is 754 g/mol. The zero-order valence-corrected chi connectivity index (χ0v) is 34.3. The smallest absolute Gasteiger partial charge is 0.275 e. The zero-order valence-electron chi connectivity index (χ0n) is 32.7. The van der Waals surface area contributed by atoms with Gasteiger partial charge in [0.2, 0.25) is 11.1 Å². The lowest BCUT2D eigenvalue weighted by molar-refractivity contribution is -0.139. The summed E-state index contributed by atoms with van der Waals surface area (Å²) in [6, 6.07) is 15.3. The molecule has 286 valence electrons. The molecule has 0 spiro atoms. The van der Waals surface area contributed by atoms with Crippen LogP contribution in [0.3, 0.4) is 0 Å². The number of Topliss-reactive ketones (excluding diaryl/α,β-unsaturated/α-hetero) is 1. The Morgan fingerprint density at radius 3 is 2.23 bits per heavy atom. The first-order valence-electron chi connectivity index (χ1n) is 18.7. The molecule has 0 aliphatic rings. The summed E-state index contributed by atoms with van der Waals surface area (Å²) in [5.74, 6) is 0.0447. The van der Waals surface area contributed by atoms with Gasteiger partial charge >= 0.3 is 0 Å². The number of para-hydroxylation sites is 1. The lowest BCUT2D eigenvalue weighted by Crippen LogP contribution is -2.55. The van der Waals surface area contributed by atoms with Crippen molar-refractivity contribution >= 4 is 46.6 Å². The van der Waals surface area contributed by atoms with E-state index in [2.05, 4.69) is 87.4 Å². The quantitative estimate of drug-likeness (QED) is 0.0455. The van der Waals surface area contributed by atoms with E-state index in [4.69, 9.17) is 16.3 Å². The van der Waals surface area contributed by atoms with Crippen LogP contribution in [0.15, 0.2) is 60.0 Å². The SMILES string of the molecule is CCCCCCSc1ncn(C(Cl)(C(=O)Nc2ccccc2)C(=O)C(C)(C)CNC(=O)CCCOc2ccc(C(C)(C)CC)cc2C(C)(C)CC)n1. The summed E-state index contributed by atoms with van der Waals surface area (Å²) >= 11 is 8.51. The maximum Gasteiger partial charge on any atom is 0.275 e. The molecule has 0 fully saturated rings.